The van der Waals surface area contributed by atoms with Gasteiger partial charge in [0.2, 0.25) is 5.91 Å². The van der Waals surface area contributed by atoms with E-state index in [0.29, 0.717) is 19.3 Å². The molecule has 0 radical (unpaired) electrons. The van der Waals surface area contributed by atoms with E-state index in [2.05, 4.69) is 92.9 Å². The fourth-order valence-electron chi connectivity index (χ4n) is 7.09. The first-order chi connectivity index (χ1) is 31.5. The minimum Gasteiger partial charge on any atom is -0.462 e. The highest BCUT2D eigenvalue weighted by molar-refractivity contribution is 5.77. The molecule has 64 heavy (non-hydrogen) atoms. The van der Waals surface area contributed by atoms with E-state index in [0.717, 1.165) is 70.6 Å². The van der Waals surface area contributed by atoms with Gasteiger partial charge in [0.1, 0.15) is 6.10 Å². The molecular formula is C58H95NO5. The van der Waals surface area contributed by atoms with E-state index in [1.165, 1.54) is 83.5 Å². The highest BCUT2D eigenvalue weighted by Gasteiger charge is 2.23. The Hall–Kier alpha value is -3.74. The highest BCUT2D eigenvalue weighted by atomic mass is 16.5. The summed E-state index contributed by atoms with van der Waals surface area (Å²) in [6.07, 6.45) is 69.9. The molecular weight excluding hydrogens is 791 g/mol. The van der Waals surface area contributed by atoms with Crippen molar-refractivity contribution < 1.29 is 24.5 Å². The average Bonchev–Trinajstić information content (AvgIpc) is 3.29. The van der Waals surface area contributed by atoms with Crippen molar-refractivity contribution in [2.45, 2.75) is 225 Å². The fraction of sp³-hybridized carbons (Fsp3) is 0.621. The SMILES string of the molecule is CC/C=C/C=C/C=C\C=C/C=C/CCCC(CC(=O)NC(CO)C(O)CCCCCCCCCCCCCCCCCC)OC(=O)CC/C=C/C/C=C/C/C=C/C/C=C/C/C=C/CC. The molecule has 1 amide bonds. The van der Waals surface area contributed by atoms with Crippen LogP contribution in [-0.4, -0.2) is 46.9 Å². The molecule has 0 saturated heterocycles. The molecule has 0 aliphatic carbocycles. The van der Waals surface area contributed by atoms with Crippen LogP contribution in [0.1, 0.15) is 207 Å². The molecule has 0 aromatic rings. The van der Waals surface area contributed by atoms with Gasteiger partial charge in [-0.1, -0.05) is 245 Å². The van der Waals surface area contributed by atoms with Gasteiger partial charge in [0.05, 0.1) is 25.2 Å². The Balaban J connectivity index is 4.76. The molecule has 6 heteroatoms. The molecule has 0 spiro atoms. The number of unbranched alkanes of at least 4 members (excludes halogenated alkanes) is 16. The number of aliphatic hydroxyl groups excluding tert-OH is 2. The third-order valence-electron chi connectivity index (χ3n) is 10.9. The Morgan fingerprint density at radius 3 is 1.41 bits per heavy atom. The van der Waals surface area contributed by atoms with Gasteiger partial charge in [-0.25, -0.2) is 0 Å². The summed E-state index contributed by atoms with van der Waals surface area (Å²) >= 11 is 0. The van der Waals surface area contributed by atoms with Gasteiger partial charge in [-0.15, -0.1) is 0 Å². The van der Waals surface area contributed by atoms with Crippen LogP contribution in [0.15, 0.2) is 122 Å². The van der Waals surface area contributed by atoms with Crippen LogP contribution in [0.4, 0.5) is 0 Å². The quantitative estimate of drug-likeness (QED) is 0.0245. The van der Waals surface area contributed by atoms with Crippen LogP contribution in [0.2, 0.25) is 0 Å². The van der Waals surface area contributed by atoms with E-state index < -0.39 is 18.2 Å². The van der Waals surface area contributed by atoms with E-state index in [1.54, 1.807) is 0 Å². The lowest BCUT2D eigenvalue weighted by atomic mass is 10.0. The molecule has 3 atom stereocenters. The summed E-state index contributed by atoms with van der Waals surface area (Å²) in [5.41, 5.74) is 0. The van der Waals surface area contributed by atoms with Gasteiger partial charge in [-0.3, -0.25) is 9.59 Å². The number of nitrogens with one attached hydrogen (secondary N) is 1. The predicted octanol–water partition coefficient (Wildman–Crippen LogP) is 15.7. The molecule has 0 aliphatic rings. The molecule has 3 N–H and O–H groups in total. The predicted molar refractivity (Wildman–Crippen MR) is 277 cm³/mol. The van der Waals surface area contributed by atoms with Crippen LogP contribution in [0.3, 0.4) is 0 Å². The molecule has 0 aliphatic heterocycles. The summed E-state index contributed by atoms with van der Waals surface area (Å²) in [5, 5.41) is 23.8. The summed E-state index contributed by atoms with van der Waals surface area (Å²) in [7, 11) is 0. The lowest BCUT2D eigenvalue weighted by molar-refractivity contribution is -0.150. The second-order valence-corrected chi connectivity index (χ2v) is 16.9. The Morgan fingerprint density at radius 1 is 0.484 bits per heavy atom. The van der Waals surface area contributed by atoms with E-state index >= 15 is 0 Å². The second-order valence-electron chi connectivity index (χ2n) is 16.9. The first-order valence-corrected chi connectivity index (χ1v) is 25.8. The maximum atomic E-state index is 13.2. The molecule has 3 unspecified atom stereocenters. The van der Waals surface area contributed by atoms with Crippen LogP contribution in [-0.2, 0) is 14.3 Å². The van der Waals surface area contributed by atoms with Gasteiger partial charge in [0, 0.05) is 6.42 Å². The summed E-state index contributed by atoms with van der Waals surface area (Å²) in [5.74, 6) is -0.657. The van der Waals surface area contributed by atoms with Gasteiger partial charge in [0.25, 0.3) is 0 Å². The number of rotatable bonds is 44. The number of amides is 1. The topological polar surface area (TPSA) is 95.9 Å². The number of aliphatic hydroxyl groups is 2. The van der Waals surface area contributed by atoms with Crippen LogP contribution in [0, 0.1) is 0 Å². The van der Waals surface area contributed by atoms with Gasteiger partial charge >= 0.3 is 5.97 Å². The Morgan fingerprint density at radius 2 is 0.922 bits per heavy atom. The number of hydrogen-bond acceptors (Lipinski definition) is 5. The van der Waals surface area contributed by atoms with Gasteiger partial charge in [-0.2, -0.15) is 0 Å². The van der Waals surface area contributed by atoms with Crippen molar-refractivity contribution >= 4 is 11.9 Å². The zero-order chi connectivity index (χ0) is 46.7. The summed E-state index contributed by atoms with van der Waals surface area (Å²) < 4.78 is 5.85. The van der Waals surface area contributed by atoms with Crippen molar-refractivity contribution in [2.24, 2.45) is 0 Å². The lowest BCUT2D eigenvalue weighted by Crippen LogP contribution is -2.46. The monoisotopic (exact) mass is 886 g/mol. The third-order valence-corrected chi connectivity index (χ3v) is 10.9. The maximum absolute atomic E-state index is 13.2. The van der Waals surface area contributed by atoms with Crippen LogP contribution in [0.25, 0.3) is 0 Å². The minimum atomic E-state index is -0.827. The largest absolute Gasteiger partial charge is 0.462 e. The molecule has 0 saturated carbocycles. The molecule has 0 aromatic heterocycles. The summed E-state index contributed by atoms with van der Waals surface area (Å²) in [6.45, 7) is 6.18. The highest BCUT2D eigenvalue weighted by Crippen LogP contribution is 2.16. The van der Waals surface area contributed by atoms with Crippen molar-refractivity contribution in [3.8, 4) is 0 Å². The van der Waals surface area contributed by atoms with Crippen molar-refractivity contribution in [1.29, 1.82) is 0 Å². The smallest absolute Gasteiger partial charge is 0.306 e. The standard InChI is InChI=1S/C58H95NO5/c1-4-7-10-13-16-19-22-25-27-29-32-35-38-41-44-47-50-56(61)55(53-60)59-57(62)52-54(49-46-43-40-37-34-31-24-21-18-15-12-9-6-3)64-58(63)51-48-45-42-39-36-33-30-28-26-23-20-17-14-11-8-5-2/h8-9,11-12,15,17-18,20-21,24,26,28,31,33-34,36-37,40,42,45,54-56,60-61H,4-7,10,13-14,16,19,22-23,25,27,29-30,32,35,38-39,41,43-44,46-53H2,1-3H3,(H,59,62)/b11-8+,12-9+,18-15+,20-17+,24-21-,28-26+,34-31-,36-33+,40-37+,45-42+. The van der Waals surface area contributed by atoms with E-state index in [9.17, 15) is 19.8 Å². The normalized spacial score (nSPS) is 14.3. The first-order valence-electron chi connectivity index (χ1n) is 25.8. The molecule has 0 fully saturated rings. The molecule has 0 heterocycles. The lowest BCUT2D eigenvalue weighted by Gasteiger charge is -2.24. The number of ether oxygens (including phenoxy) is 1. The van der Waals surface area contributed by atoms with Crippen LogP contribution < -0.4 is 5.32 Å². The molecule has 0 aromatic carbocycles. The number of allylic oxidation sites excluding steroid dienone is 20. The van der Waals surface area contributed by atoms with Crippen molar-refractivity contribution in [3.05, 3.63) is 122 Å². The Labute approximate surface area is 393 Å². The van der Waals surface area contributed by atoms with Gasteiger partial charge in [-0.05, 0) is 70.6 Å². The van der Waals surface area contributed by atoms with Crippen LogP contribution in [0.5, 0.6) is 0 Å². The zero-order valence-corrected chi connectivity index (χ0v) is 41.1. The first kappa shape index (κ1) is 60.3. The van der Waals surface area contributed by atoms with E-state index in [1.807, 2.05) is 54.7 Å². The minimum absolute atomic E-state index is 0.00888. The average molecular weight is 886 g/mol. The molecule has 0 rings (SSSR count). The number of carbonyl (C=O) groups is 2. The number of hydrogen-bond donors (Lipinski definition) is 3. The van der Waals surface area contributed by atoms with Gasteiger partial charge in [0.15, 0.2) is 0 Å². The fourth-order valence-corrected chi connectivity index (χ4v) is 7.09. The Bertz CT molecular complexity index is 1360. The molecule has 6 nitrogen and oxygen atoms in total. The van der Waals surface area contributed by atoms with Crippen molar-refractivity contribution in [1.82, 2.24) is 5.32 Å². The number of esters is 1. The Kier molecular flexibility index (Phi) is 47.3. The van der Waals surface area contributed by atoms with Crippen molar-refractivity contribution in [2.75, 3.05) is 6.61 Å². The van der Waals surface area contributed by atoms with Gasteiger partial charge < -0.3 is 20.3 Å². The molecule has 0 bridgehead atoms. The van der Waals surface area contributed by atoms with Crippen molar-refractivity contribution in [3.63, 3.8) is 0 Å². The van der Waals surface area contributed by atoms with E-state index in [4.69, 9.17) is 4.74 Å². The third kappa shape index (κ3) is 44.9. The zero-order valence-electron chi connectivity index (χ0n) is 41.1. The van der Waals surface area contributed by atoms with Crippen LogP contribution >= 0.6 is 0 Å². The summed E-state index contributed by atoms with van der Waals surface area (Å²) in [4.78, 5) is 26.1. The van der Waals surface area contributed by atoms with E-state index in [-0.39, 0.29) is 31.3 Å². The number of carbonyl (C=O) groups excluding carboxylic acids is 2. The maximum Gasteiger partial charge on any atom is 0.306 e. The summed E-state index contributed by atoms with van der Waals surface area (Å²) in [6, 6.07) is -0.748. The molecule has 362 valence electrons. The second kappa shape index (κ2) is 50.3.